The van der Waals surface area contributed by atoms with Gasteiger partial charge in [0.15, 0.2) is 0 Å². The van der Waals surface area contributed by atoms with Crippen LogP contribution in [-0.2, 0) is 4.79 Å². The van der Waals surface area contributed by atoms with E-state index in [2.05, 4.69) is 15.5 Å². The molecule has 1 aromatic carbocycles. The lowest BCUT2D eigenvalue weighted by atomic mass is 9.98. The molecule has 1 atom stereocenters. The summed E-state index contributed by atoms with van der Waals surface area (Å²) in [6.07, 6.45) is 2.31. The molecule has 0 aliphatic carbocycles. The number of piperidine rings is 1. The summed E-state index contributed by atoms with van der Waals surface area (Å²) in [4.78, 5) is 14.2. The maximum Gasteiger partial charge on any atom is 0.238 e. The molecule has 1 fully saturated rings. The molecule has 0 saturated carbocycles. The van der Waals surface area contributed by atoms with Gasteiger partial charge in [-0.3, -0.25) is 9.69 Å². The zero-order valence-corrected chi connectivity index (χ0v) is 12.9. The van der Waals surface area contributed by atoms with Crippen LogP contribution in [0.2, 0.25) is 5.02 Å². The van der Waals surface area contributed by atoms with Crippen LogP contribution < -0.4 is 10.6 Å². The van der Waals surface area contributed by atoms with E-state index in [0.29, 0.717) is 18.2 Å². The Morgan fingerprint density at radius 1 is 1.52 bits per heavy atom. The van der Waals surface area contributed by atoms with Crippen molar-refractivity contribution < 1.29 is 9.18 Å². The fourth-order valence-electron chi connectivity index (χ4n) is 2.73. The zero-order valence-electron chi connectivity index (χ0n) is 12.2. The Hall–Kier alpha value is -1.17. The third kappa shape index (κ3) is 4.95. The summed E-state index contributed by atoms with van der Waals surface area (Å²) in [5.41, 5.74) is 0.451. The number of likely N-dealkylation sites (tertiary alicyclic amines) is 1. The largest absolute Gasteiger partial charge is 0.324 e. The second-order valence-electron chi connectivity index (χ2n) is 5.47. The highest BCUT2D eigenvalue weighted by Crippen LogP contribution is 2.22. The predicted molar refractivity (Wildman–Crippen MR) is 83.1 cm³/mol. The minimum Gasteiger partial charge on any atom is -0.324 e. The van der Waals surface area contributed by atoms with Gasteiger partial charge in [-0.05, 0) is 57.1 Å². The molecule has 0 spiro atoms. The van der Waals surface area contributed by atoms with E-state index in [1.165, 1.54) is 24.6 Å². The molecule has 1 aromatic rings. The van der Waals surface area contributed by atoms with E-state index in [1.54, 1.807) is 0 Å². The Bertz CT molecular complexity index is 496. The summed E-state index contributed by atoms with van der Waals surface area (Å²) < 4.78 is 13.0. The number of carbonyl (C=O) groups is 1. The molecule has 6 heteroatoms. The van der Waals surface area contributed by atoms with Crippen molar-refractivity contribution in [2.24, 2.45) is 5.92 Å². The molecule has 1 amide bonds. The fraction of sp³-hybridized carbons (Fsp3) is 0.533. The molecule has 1 aliphatic rings. The van der Waals surface area contributed by atoms with Gasteiger partial charge in [-0.1, -0.05) is 11.6 Å². The first kappa shape index (κ1) is 16.2. The smallest absolute Gasteiger partial charge is 0.238 e. The third-order valence-electron chi connectivity index (χ3n) is 3.67. The van der Waals surface area contributed by atoms with Gasteiger partial charge < -0.3 is 10.6 Å². The van der Waals surface area contributed by atoms with Gasteiger partial charge in [0.1, 0.15) is 5.82 Å². The van der Waals surface area contributed by atoms with E-state index in [0.717, 1.165) is 26.1 Å². The van der Waals surface area contributed by atoms with Crippen LogP contribution in [0.15, 0.2) is 18.2 Å². The lowest BCUT2D eigenvalue weighted by molar-refractivity contribution is -0.117. The SMILES string of the molecule is CNCC1CCCN(CC(=O)Nc2ccc(F)cc2Cl)C1. The van der Waals surface area contributed by atoms with Gasteiger partial charge in [-0.25, -0.2) is 4.39 Å². The average molecular weight is 314 g/mol. The Kier molecular flexibility index (Phi) is 5.96. The molecule has 0 radical (unpaired) electrons. The molecule has 116 valence electrons. The predicted octanol–water partition coefficient (Wildman–Crippen LogP) is 2.35. The van der Waals surface area contributed by atoms with Crippen LogP contribution in [0.3, 0.4) is 0 Å². The fourth-order valence-corrected chi connectivity index (χ4v) is 2.95. The summed E-state index contributed by atoms with van der Waals surface area (Å²) in [6, 6.07) is 3.96. The number of hydrogen-bond acceptors (Lipinski definition) is 3. The van der Waals surface area contributed by atoms with Crippen LogP contribution in [0.5, 0.6) is 0 Å². The first-order valence-electron chi connectivity index (χ1n) is 7.20. The Balaban J connectivity index is 1.86. The molecule has 0 aromatic heterocycles. The maximum absolute atomic E-state index is 13.0. The lowest BCUT2D eigenvalue weighted by Gasteiger charge is -2.32. The van der Waals surface area contributed by atoms with E-state index in [1.807, 2.05) is 7.05 Å². The van der Waals surface area contributed by atoms with Gasteiger partial charge in [0, 0.05) is 6.54 Å². The van der Waals surface area contributed by atoms with Gasteiger partial charge in [0.25, 0.3) is 0 Å². The average Bonchev–Trinajstić information content (AvgIpc) is 2.43. The van der Waals surface area contributed by atoms with Crippen molar-refractivity contribution in [3.8, 4) is 0 Å². The summed E-state index contributed by atoms with van der Waals surface area (Å²) in [7, 11) is 1.95. The van der Waals surface area contributed by atoms with E-state index in [9.17, 15) is 9.18 Å². The molecule has 2 N–H and O–H groups in total. The molecule has 1 saturated heterocycles. The summed E-state index contributed by atoms with van der Waals surface area (Å²) in [6.45, 7) is 3.17. The Morgan fingerprint density at radius 3 is 3.05 bits per heavy atom. The minimum atomic E-state index is -0.413. The molecule has 2 rings (SSSR count). The highest BCUT2D eigenvalue weighted by Gasteiger charge is 2.21. The van der Waals surface area contributed by atoms with Crippen LogP contribution >= 0.6 is 11.6 Å². The molecular weight excluding hydrogens is 293 g/mol. The van der Waals surface area contributed by atoms with E-state index in [-0.39, 0.29) is 10.9 Å². The first-order chi connectivity index (χ1) is 10.1. The minimum absolute atomic E-state index is 0.117. The van der Waals surface area contributed by atoms with Gasteiger partial charge in [-0.2, -0.15) is 0 Å². The second kappa shape index (κ2) is 7.73. The van der Waals surface area contributed by atoms with E-state index >= 15 is 0 Å². The number of nitrogens with zero attached hydrogens (tertiary/aromatic N) is 1. The van der Waals surface area contributed by atoms with E-state index < -0.39 is 5.82 Å². The van der Waals surface area contributed by atoms with Crippen molar-refractivity contribution in [2.45, 2.75) is 12.8 Å². The van der Waals surface area contributed by atoms with Gasteiger partial charge in [0.05, 0.1) is 17.3 Å². The zero-order chi connectivity index (χ0) is 15.2. The van der Waals surface area contributed by atoms with Gasteiger partial charge in [0.2, 0.25) is 5.91 Å². The molecular formula is C15H21ClFN3O. The maximum atomic E-state index is 13.0. The van der Waals surface area contributed by atoms with Crippen LogP contribution in [0.1, 0.15) is 12.8 Å². The summed E-state index contributed by atoms with van der Waals surface area (Å²) >= 11 is 5.90. The molecule has 1 unspecified atom stereocenters. The number of benzene rings is 1. The van der Waals surface area contributed by atoms with Crippen LogP contribution in [-0.4, -0.2) is 44.0 Å². The summed E-state index contributed by atoms with van der Waals surface area (Å²) in [5, 5.41) is 6.14. The van der Waals surface area contributed by atoms with Crippen LogP contribution in [0.4, 0.5) is 10.1 Å². The number of nitrogens with one attached hydrogen (secondary N) is 2. The van der Waals surface area contributed by atoms with Crippen LogP contribution in [0.25, 0.3) is 0 Å². The molecule has 4 nitrogen and oxygen atoms in total. The summed E-state index contributed by atoms with van der Waals surface area (Å²) in [5.74, 6) is 0.0588. The Labute approximate surface area is 129 Å². The van der Waals surface area contributed by atoms with Gasteiger partial charge >= 0.3 is 0 Å². The second-order valence-corrected chi connectivity index (χ2v) is 5.88. The molecule has 21 heavy (non-hydrogen) atoms. The van der Waals surface area contributed by atoms with Crippen molar-refractivity contribution >= 4 is 23.2 Å². The van der Waals surface area contributed by atoms with Crippen molar-refractivity contribution in [1.82, 2.24) is 10.2 Å². The third-order valence-corrected chi connectivity index (χ3v) is 3.98. The molecule has 1 aliphatic heterocycles. The number of amides is 1. The molecule has 0 bridgehead atoms. The number of anilines is 1. The Morgan fingerprint density at radius 2 is 2.33 bits per heavy atom. The first-order valence-corrected chi connectivity index (χ1v) is 7.58. The normalized spacial score (nSPS) is 19.5. The van der Waals surface area contributed by atoms with Crippen LogP contribution in [0, 0.1) is 11.7 Å². The van der Waals surface area contributed by atoms with Gasteiger partial charge in [-0.15, -0.1) is 0 Å². The number of carbonyl (C=O) groups excluding carboxylic acids is 1. The standard InChI is InChI=1S/C15H21ClFN3O/c1-18-8-11-3-2-6-20(9-11)10-15(21)19-14-5-4-12(17)7-13(14)16/h4-5,7,11,18H,2-3,6,8-10H2,1H3,(H,19,21). The number of halogens is 2. The van der Waals surface area contributed by atoms with Crippen molar-refractivity contribution in [1.29, 1.82) is 0 Å². The van der Waals surface area contributed by atoms with E-state index in [4.69, 9.17) is 11.6 Å². The highest BCUT2D eigenvalue weighted by atomic mass is 35.5. The number of hydrogen-bond donors (Lipinski definition) is 2. The quantitative estimate of drug-likeness (QED) is 0.877. The van der Waals surface area contributed by atoms with Crippen molar-refractivity contribution in [3.05, 3.63) is 29.0 Å². The highest BCUT2D eigenvalue weighted by molar-refractivity contribution is 6.33. The van der Waals surface area contributed by atoms with Crippen molar-refractivity contribution in [2.75, 3.05) is 38.5 Å². The lowest BCUT2D eigenvalue weighted by Crippen LogP contribution is -2.42. The molecule has 1 heterocycles. The monoisotopic (exact) mass is 313 g/mol. The topological polar surface area (TPSA) is 44.4 Å². The number of rotatable bonds is 5. The van der Waals surface area contributed by atoms with Crippen molar-refractivity contribution in [3.63, 3.8) is 0 Å².